The van der Waals surface area contributed by atoms with Crippen molar-refractivity contribution in [3.8, 4) is 11.3 Å². The molecule has 4 N–H and O–H groups in total. The average molecular weight is 378 g/mol. The molecule has 1 saturated heterocycles. The molecule has 4 atom stereocenters. The number of fused-ring (bicyclic) bond motifs is 1. The fourth-order valence-corrected chi connectivity index (χ4v) is 4.65. The van der Waals surface area contributed by atoms with E-state index in [4.69, 9.17) is 5.73 Å². The van der Waals surface area contributed by atoms with Gasteiger partial charge in [0.2, 0.25) is 0 Å². The Morgan fingerprint density at radius 2 is 2.04 bits per heavy atom. The van der Waals surface area contributed by atoms with E-state index in [1.54, 1.807) is 0 Å². The highest BCUT2D eigenvalue weighted by Crippen LogP contribution is 2.41. The Bertz CT molecular complexity index is 946. The topological polar surface area (TPSA) is 98.6 Å². The fraction of sp³-hybridized carbons (Fsp3) is 0.450. The number of hydrogen-bond donors (Lipinski definition) is 3. The maximum absolute atomic E-state index is 6.26. The summed E-state index contributed by atoms with van der Waals surface area (Å²) >= 11 is 0. The molecule has 1 aromatic carbocycles. The van der Waals surface area contributed by atoms with Crippen LogP contribution < -0.4 is 16.6 Å². The van der Waals surface area contributed by atoms with Crippen LogP contribution in [0, 0.1) is 5.92 Å². The highest BCUT2D eigenvalue weighted by Gasteiger charge is 2.40. The van der Waals surface area contributed by atoms with Crippen molar-refractivity contribution in [2.75, 3.05) is 0 Å². The van der Waals surface area contributed by atoms with Gasteiger partial charge in [-0.3, -0.25) is 10.1 Å². The van der Waals surface area contributed by atoms with Gasteiger partial charge in [0, 0.05) is 36.7 Å². The van der Waals surface area contributed by atoms with Gasteiger partial charge in [-0.15, -0.1) is 5.10 Å². The highest BCUT2D eigenvalue weighted by molar-refractivity contribution is 5.61. The van der Waals surface area contributed by atoms with Crippen LogP contribution in [0.4, 0.5) is 0 Å². The van der Waals surface area contributed by atoms with Crippen LogP contribution in [0.1, 0.15) is 36.4 Å². The Balaban J connectivity index is 1.51. The molecule has 28 heavy (non-hydrogen) atoms. The van der Waals surface area contributed by atoms with Crippen molar-refractivity contribution < 1.29 is 0 Å². The fourth-order valence-electron chi connectivity index (χ4n) is 4.65. The van der Waals surface area contributed by atoms with Gasteiger partial charge in [0.15, 0.2) is 0 Å². The van der Waals surface area contributed by atoms with E-state index in [0.717, 1.165) is 36.2 Å². The third kappa shape index (κ3) is 3.13. The summed E-state index contributed by atoms with van der Waals surface area (Å²) in [5, 5.41) is 13.6. The smallest absolute Gasteiger partial charge is 0.0956 e. The molecule has 1 aliphatic carbocycles. The Labute approximate surface area is 164 Å². The molecule has 2 aliphatic rings. The van der Waals surface area contributed by atoms with Crippen molar-refractivity contribution in [2.24, 2.45) is 18.7 Å². The number of benzene rings is 1. The van der Waals surface area contributed by atoms with E-state index in [0.29, 0.717) is 24.4 Å². The van der Waals surface area contributed by atoms with Gasteiger partial charge in [0.05, 0.1) is 30.3 Å². The van der Waals surface area contributed by atoms with Gasteiger partial charge in [0.25, 0.3) is 0 Å². The minimum Gasteiger partial charge on any atom is -0.315 e. The summed E-state index contributed by atoms with van der Waals surface area (Å²) in [6, 6.07) is 10.8. The van der Waals surface area contributed by atoms with Crippen molar-refractivity contribution in [1.29, 1.82) is 0 Å². The lowest BCUT2D eigenvalue weighted by molar-refractivity contribution is 0.276. The zero-order valence-corrected chi connectivity index (χ0v) is 16.0. The molecule has 0 amide bonds. The van der Waals surface area contributed by atoms with Gasteiger partial charge in [-0.05, 0) is 24.8 Å². The van der Waals surface area contributed by atoms with Gasteiger partial charge >= 0.3 is 0 Å². The van der Waals surface area contributed by atoms with Crippen LogP contribution in [0.5, 0.6) is 0 Å². The van der Waals surface area contributed by atoms with E-state index >= 15 is 0 Å². The monoisotopic (exact) mass is 378 g/mol. The van der Waals surface area contributed by atoms with Gasteiger partial charge < -0.3 is 5.73 Å². The van der Waals surface area contributed by atoms with Crippen molar-refractivity contribution in [3.05, 3.63) is 54.0 Å². The third-order valence-corrected chi connectivity index (χ3v) is 6.10. The van der Waals surface area contributed by atoms with Crippen LogP contribution in [0.3, 0.4) is 0 Å². The number of nitrogens with zero attached hydrogens (tertiary/aromatic N) is 5. The maximum Gasteiger partial charge on any atom is 0.0956 e. The van der Waals surface area contributed by atoms with Crippen molar-refractivity contribution in [2.45, 2.75) is 43.9 Å². The summed E-state index contributed by atoms with van der Waals surface area (Å²) < 4.78 is 3.84. The number of aryl methyl sites for hydroxylation is 1. The van der Waals surface area contributed by atoms with E-state index in [9.17, 15) is 0 Å². The number of rotatable bonds is 4. The molecule has 2 fully saturated rings. The Hall–Kier alpha value is -2.55. The van der Waals surface area contributed by atoms with E-state index < -0.39 is 0 Å². The summed E-state index contributed by atoms with van der Waals surface area (Å²) in [5.41, 5.74) is 17.2. The molecule has 3 aromatic rings. The molecule has 3 heterocycles. The van der Waals surface area contributed by atoms with E-state index in [1.807, 2.05) is 34.9 Å². The summed E-state index contributed by atoms with van der Waals surface area (Å²) in [5.74, 6) is 0.772. The molecule has 0 bridgehead atoms. The number of hydrogen-bond acceptors (Lipinski definition) is 6. The predicted octanol–water partition coefficient (Wildman–Crippen LogP) is 1.37. The highest BCUT2D eigenvalue weighted by atomic mass is 15.5. The lowest BCUT2D eigenvalue weighted by atomic mass is 9.76. The number of nitrogens with one attached hydrogen (secondary N) is 2. The van der Waals surface area contributed by atoms with Gasteiger partial charge in [-0.1, -0.05) is 35.5 Å². The largest absolute Gasteiger partial charge is 0.315 e. The SMILES string of the molecule is Cn1cc(-c2c(C3CCC4NNC(N)C4C3)nnn2Cc2ccccc2)cn1. The van der Waals surface area contributed by atoms with Crippen molar-refractivity contribution in [3.63, 3.8) is 0 Å². The predicted molar refractivity (Wildman–Crippen MR) is 106 cm³/mol. The number of hydrazine groups is 1. The Morgan fingerprint density at radius 3 is 2.82 bits per heavy atom. The summed E-state index contributed by atoms with van der Waals surface area (Å²) in [4.78, 5) is 0. The van der Waals surface area contributed by atoms with Gasteiger partial charge in [0.1, 0.15) is 0 Å². The summed E-state index contributed by atoms with van der Waals surface area (Å²) in [6.07, 6.45) is 7.13. The lowest BCUT2D eigenvalue weighted by Crippen LogP contribution is -2.39. The van der Waals surface area contributed by atoms with Crippen LogP contribution in [0.15, 0.2) is 42.7 Å². The molecule has 0 radical (unpaired) electrons. The quantitative estimate of drug-likeness (QED) is 0.634. The lowest BCUT2D eigenvalue weighted by Gasteiger charge is -2.31. The molecular weight excluding hydrogens is 352 g/mol. The van der Waals surface area contributed by atoms with E-state index in [2.05, 4.69) is 50.5 Å². The zero-order chi connectivity index (χ0) is 19.1. The Morgan fingerprint density at radius 1 is 1.18 bits per heavy atom. The minimum atomic E-state index is -0.00555. The van der Waals surface area contributed by atoms with Crippen molar-refractivity contribution in [1.82, 2.24) is 35.6 Å². The standard InChI is InChI=1S/C20H26N8/c1-27-12-15(10-22-27)19-18(14-7-8-17-16(9-14)20(21)25-23-17)24-26-28(19)11-13-5-3-2-4-6-13/h2-6,10,12,14,16-17,20,23,25H,7-9,11,21H2,1H3. The summed E-state index contributed by atoms with van der Waals surface area (Å²) in [7, 11) is 1.94. The van der Waals surface area contributed by atoms with Gasteiger partial charge in [-0.25, -0.2) is 10.1 Å². The average Bonchev–Trinajstić information content (AvgIpc) is 3.41. The minimum absolute atomic E-state index is 0.00555. The first-order chi connectivity index (χ1) is 13.7. The van der Waals surface area contributed by atoms with Gasteiger partial charge in [-0.2, -0.15) is 5.10 Å². The molecule has 1 aliphatic heterocycles. The van der Waals surface area contributed by atoms with E-state index in [-0.39, 0.29) is 6.17 Å². The normalized spacial score (nSPS) is 27.1. The molecule has 8 heteroatoms. The second-order valence-electron chi connectivity index (χ2n) is 7.96. The van der Waals surface area contributed by atoms with Crippen molar-refractivity contribution >= 4 is 0 Å². The second-order valence-corrected chi connectivity index (χ2v) is 7.96. The first-order valence-corrected chi connectivity index (χ1v) is 9.92. The molecule has 0 spiro atoms. The summed E-state index contributed by atoms with van der Waals surface area (Å²) in [6.45, 7) is 0.694. The maximum atomic E-state index is 6.26. The van der Waals surface area contributed by atoms with Crippen LogP contribution in [0.25, 0.3) is 11.3 Å². The molecule has 1 saturated carbocycles. The zero-order valence-electron chi connectivity index (χ0n) is 16.0. The Kier molecular flexibility index (Phi) is 4.46. The number of aromatic nitrogens is 5. The molecule has 2 aromatic heterocycles. The molecular formula is C20H26N8. The first-order valence-electron chi connectivity index (χ1n) is 9.92. The number of nitrogens with two attached hydrogens (primary N) is 1. The van der Waals surface area contributed by atoms with Crippen LogP contribution in [-0.4, -0.2) is 37.0 Å². The van der Waals surface area contributed by atoms with Crippen LogP contribution >= 0.6 is 0 Å². The molecule has 5 rings (SSSR count). The first kappa shape index (κ1) is 17.5. The molecule has 4 unspecified atom stereocenters. The molecule has 8 nitrogen and oxygen atoms in total. The third-order valence-electron chi connectivity index (χ3n) is 6.10. The second kappa shape index (κ2) is 7.12. The molecule has 146 valence electrons. The van der Waals surface area contributed by atoms with E-state index in [1.165, 1.54) is 5.56 Å². The van der Waals surface area contributed by atoms with Crippen LogP contribution in [0.2, 0.25) is 0 Å². The van der Waals surface area contributed by atoms with Crippen LogP contribution in [-0.2, 0) is 13.6 Å².